The Hall–Kier alpha value is -3.09. The summed E-state index contributed by atoms with van der Waals surface area (Å²) in [6.45, 7) is 1.30. The van der Waals surface area contributed by atoms with E-state index in [4.69, 9.17) is 14.2 Å². The fourth-order valence-corrected chi connectivity index (χ4v) is 1.87. The molecule has 0 aromatic heterocycles. The maximum absolute atomic E-state index is 11.7. The van der Waals surface area contributed by atoms with Crippen LogP contribution in [0.5, 0.6) is 17.2 Å². The van der Waals surface area contributed by atoms with Crippen molar-refractivity contribution < 1.29 is 23.9 Å². The molecule has 7 nitrogen and oxygen atoms in total. The molecule has 0 amide bonds. The maximum Gasteiger partial charge on any atom is 0.349 e. The van der Waals surface area contributed by atoms with Crippen LogP contribution >= 0.6 is 0 Å². The average Bonchev–Trinajstić information content (AvgIpc) is 2.53. The van der Waals surface area contributed by atoms with E-state index in [0.29, 0.717) is 17.1 Å². The smallest absolute Gasteiger partial charge is 0.349 e. The fourth-order valence-electron chi connectivity index (χ4n) is 1.87. The lowest BCUT2D eigenvalue weighted by molar-refractivity contribution is -0.385. The van der Waals surface area contributed by atoms with Crippen LogP contribution in [0.3, 0.4) is 0 Å². The van der Waals surface area contributed by atoms with Gasteiger partial charge >= 0.3 is 5.97 Å². The predicted octanol–water partition coefficient (Wildman–Crippen LogP) is 2.90. The van der Waals surface area contributed by atoms with E-state index in [9.17, 15) is 14.9 Å². The lowest BCUT2D eigenvalue weighted by atomic mass is 10.2. The van der Waals surface area contributed by atoms with E-state index in [1.54, 1.807) is 38.3 Å². The first kappa shape index (κ1) is 16.3. The van der Waals surface area contributed by atoms with E-state index in [-0.39, 0.29) is 18.0 Å². The number of aryl methyl sites for hydroxylation is 1. The van der Waals surface area contributed by atoms with Crippen LogP contribution in [0, 0.1) is 17.0 Å². The van der Waals surface area contributed by atoms with Crippen molar-refractivity contribution >= 4 is 11.7 Å². The summed E-state index contributed by atoms with van der Waals surface area (Å²) >= 11 is 0. The molecule has 0 aliphatic rings. The SMILES string of the molecule is COc1ccc(OCC(=O)Oc2ccc([N+](=O)[O-])c(C)c2)cc1. The second kappa shape index (κ2) is 7.26. The minimum absolute atomic E-state index is 0.0284. The molecule has 0 bridgehead atoms. The largest absolute Gasteiger partial charge is 0.497 e. The number of methoxy groups -OCH3 is 1. The second-order valence-electron chi connectivity index (χ2n) is 4.64. The zero-order valence-corrected chi connectivity index (χ0v) is 12.6. The number of carbonyl (C=O) groups is 1. The lowest BCUT2D eigenvalue weighted by Gasteiger charge is -2.08. The van der Waals surface area contributed by atoms with E-state index in [1.807, 2.05) is 0 Å². The number of nitro benzene ring substituents is 1. The first-order valence-electron chi connectivity index (χ1n) is 6.72. The Morgan fingerprint density at radius 3 is 2.26 bits per heavy atom. The van der Waals surface area contributed by atoms with Gasteiger partial charge in [-0.3, -0.25) is 10.1 Å². The van der Waals surface area contributed by atoms with Gasteiger partial charge in [0.15, 0.2) is 6.61 Å². The van der Waals surface area contributed by atoms with Crippen LogP contribution in [0.4, 0.5) is 5.69 Å². The minimum atomic E-state index is -0.603. The molecule has 0 radical (unpaired) electrons. The molecule has 0 aliphatic heterocycles. The van der Waals surface area contributed by atoms with Crippen molar-refractivity contribution in [2.75, 3.05) is 13.7 Å². The van der Waals surface area contributed by atoms with Crippen molar-refractivity contribution in [1.29, 1.82) is 0 Å². The third kappa shape index (κ3) is 4.44. The fraction of sp³-hybridized carbons (Fsp3) is 0.188. The summed E-state index contributed by atoms with van der Waals surface area (Å²) in [5.41, 5.74) is 0.385. The van der Waals surface area contributed by atoms with Crippen molar-refractivity contribution in [1.82, 2.24) is 0 Å². The van der Waals surface area contributed by atoms with E-state index in [1.165, 1.54) is 18.2 Å². The summed E-state index contributed by atoms with van der Waals surface area (Å²) in [4.78, 5) is 22.0. The summed E-state index contributed by atoms with van der Waals surface area (Å²) in [7, 11) is 1.55. The molecule has 0 spiro atoms. The van der Waals surface area contributed by atoms with Gasteiger partial charge in [-0.05, 0) is 43.3 Å². The van der Waals surface area contributed by atoms with E-state index < -0.39 is 10.9 Å². The molecule has 120 valence electrons. The molecule has 2 rings (SSSR count). The highest BCUT2D eigenvalue weighted by Gasteiger charge is 2.13. The highest BCUT2D eigenvalue weighted by molar-refractivity contribution is 5.74. The zero-order valence-electron chi connectivity index (χ0n) is 12.6. The molecule has 0 saturated heterocycles. The first-order chi connectivity index (χ1) is 11.0. The molecule has 0 fully saturated rings. The Balaban J connectivity index is 1.91. The van der Waals surface area contributed by atoms with Crippen LogP contribution in [0.25, 0.3) is 0 Å². The van der Waals surface area contributed by atoms with Crippen LogP contribution < -0.4 is 14.2 Å². The molecule has 0 N–H and O–H groups in total. The quantitative estimate of drug-likeness (QED) is 0.352. The number of rotatable bonds is 6. The minimum Gasteiger partial charge on any atom is -0.497 e. The van der Waals surface area contributed by atoms with Gasteiger partial charge in [0.25, 0.3) is 5.69 Å². The van der Waals surface area contributed by atoms with Crippen molar-refractivity contribution in [2.24, 2.45) is 0 Å². The Morgan fingerprint density at radius 1 is 1.09 bits per heavy atom. The molecule has 2 aromatic rings. The number of nitrogens with zero attached hydrogens (tertiary/aromatic N) is 1. The Morgan fingerprint density at radius 2 is 1.70 bits per heavy atom. The lowest BCUT2D eigenvalue weighted by Crippen LogP contribution is -2.17. The standard InChI is InChI=1S/C16H15NO6/c1-11-9-14(7-8-15(11)17(19)20)23-16(18)10-22-13-5-3-12(21-2)4-6-13/h3-9H,10H2,1-2H3. The molecule has 7 heteroatoms. The van der Waals surface area contributed by atoms with Crippen LogP contribution in [0.2, 0.25) is 0 Å². The predicted molar refractivity (Wildman–Crippen MR) is 82.0 cm³/mol. The molecule has 0 saturated carbocycles. The molecule has 0 heterocycles. The van der Waals surface area contributed by atoms with E-state index >= 15 is 0 Å². The van der Waals surface area contributed by atoms with Gasteiger partial charge in [0.2, 0.25) is 0 Å². The highest BCUT2D eigenvalue weighted by Crippen LogP contribution is 2.23. The Bertz CT molecular complexity index is 711. The number of hydrogen-bond donors (Lipinski definition) is 0. The average molecular weight is 317 g/mol. The molecule has 0 aliphatic carbocycles. The summed E-state index contributed by atoms with van der Waals surface area (Å²) in [6, 6.07) is 10.9. The molecular formula is C16H15NO6. The van der Waals surface area contributed by atoms with Gasteiger partial charge in [-0.15, -0.1) is 0 Å². The maximum atomic E-state index is 11.7. The number of carbonyl (C=O) groups excluding carboxylic acids is 1. The van der Waals surface area contributed by atoms with Crippen molar-refractivity contribution in [2.45, 2.75) is 6.92 Å². The number of esters is 1. The summed E-state index contributed by atoms with van der Waals surface area (Å²) in [5, 5.41) is 10.7. The number of ether oxygens (including phenoxy) is 3. The molecule has 0 unspecified atom stereocenters. The topological polar surface area (TPSA) is 87.9 Å². The normalized spacial score (nSPS) is 10.0. The van der Waals surface area contributed by atoms with Gasteiger partial charge in [-0.2, -0.15) is 0 Å². The second-order valence-corrected chi connectivity index (χ2v) is 4.64. The first-order valence-corrected chi connectivity index (χ1v) is 6.72. The number of hydrogen-bond acceptors (Lipinski definition) is 6. The van der Waals surface area contributed by atoms with Crippen LogP contribution in [-0.2, 0) is 4.79 Å². The highest BCUT2D eigenvalue weighted by atomic mass is 16.6. The summed E-state index contributed by atoms with van der Waals surface area (Å²) < 4.78 is 15.4. The summed E-state index contributed by atoms with van der Waals surface area (Å²) in [5.74, 6) is 0.814. The van der Waals surface area contributed by atoms with Crippen LogP contribution in [0.1, 0.15) is 5.56 Å². The summed E-state index contributed by atoms with van der Waals surface area (Å²) in [6.07, 6.45) is 0. The Kier molecular flexibility index (Phi) is 5.14. The van der Waals surface area contributed by atoms with Crippen molar-refractivity contribution in [3.63, 3.8) is 0 Å². The van der Waals surface area contributed by atoms with Gasteiger partial charge in [0.1, 0.15) is 17.2 Å². The van der Waals surface area contributed by atoms with Gasteiger partial charge < -0.3 is 14.2 Å². The van der Waals surface area contributed by atoms with Gasteiger partial charge in [-0.25, -0.2) is 4.79 Å². The van der Waals surface area contributed by atoms with Gasteiger partial charge in [0, 0.05) is 11.6 Å². The molecule has 0 atom stereocenters. The van der Waals surface area contributed by atoms with Gasteiger partial charge in [0.05, 0.1) is 12.0 Å². The van der Waals surface area contributed by atoms with Crippen LogP contribution in [-0.4, -0.2) is 24.6 Å². The molecule has 2 aromatic carbocycles. The number of nitro groups is 1. The molecule has 23 heavy (non-hydrogen) atoms. The van der Waals surface area contributed by atoms with E-state index in [2.05, 4.69) is 0 Å². The van der Waals surface area contributed by atoms with Gasteiger partial charge in [-0.1, -0.05) is 0 Å². The monoisotopic (exact) mass is 317 g/mol. The third-order valence-corrected chi connectivity index (χ3v) is 3.01. The third-order valence-electron chi connectivity index (χ3n) is 3.01. The Labute approximate surface area is 132 Å². The molecular weight excluding hydrogens is 302 g/mol. The number of benzene rings is 2. The zero-order chi connectivity index (χ0) is 16.8. The van der Waals surface area contributed by atoms with Crippen LogP contribution in [0.15, 0.2) is 42.5 Å². The van der Waals surface area contributed by atoms with Crippen molar-refractivity contribution in [3.05, 3.63) is 58.1 Å². The van der Waals surface area contributed by atoms with E-state index in [0.717, 1.165) is 0 Å². The van der Waals surface area contributed by atoms with Crippen molar-refractivity contribution in [3.8, 4) is 17.2 Å².